The van der Waals surface area contributed by atoms with Gasteiger partial charge in [-0.2, -0.15) is 13.2 Å². The van der Waals surface area contributed by atoms with Crippen molar-refractivity contribution >= 4 is 11.8 Å². The molecule has 0 spiro atoms. The van der Waals surface area contributed by atoms with Crippen LogP contribution in [-0.4, -0.2) is 32.2 Å². The zero-order chi connectivity index (χ0) is 19.5. The Morgan fingerprint density at radius 1 is 1.19 bits per heavy atom. The van der Waals surface area contributed by atoms with Gasteiger partial charge >= 0.3 is 12.1 Å². The van der Waals surface area contributed by atoms with Crippen LogP contribution in [0.2, 0.25) is 0 Å². The van der Waals surface area contributed by atoms with Crippen LogP contribution in [0.4, 0.5) is 19.0 Å². The Labute approximate surface area is 153 Å². The fraction of sp³-hybridized carbons (Fsp3) is 0.444. The molecule has 2 heterocycles. The first-order valence-corrected chi connectivity index (χ1v) is 8.54. The minimum atomic E-state index is -4.51. The number of aliphatic carboxylic acids is 1. The Morgan fingerprint density at radius 3 is 2.44 bits per heavy atom. The van der Waals surface area contributed by atoms with E-state index in [4.69, 9.17) is 0 Å². The van der Waals surface area contributed by atoms with E-state index in [0.717, 1.165) is 0 Å². The van der Waals surface area contributed by atoms with Gasteiger partial charge in [-0.25, -0.2) is 14.8 Å². The molecule has 1 fully saturated rings. The average Bonchev–Trinajstić information content (AvgIpc) is 3.12. The molecule has 1 atom stereocenters. The van der Waals surface area contributed by atoms with Gasteiger partial charge in [0.2, 0.25) is 0 Å². The molecule has 0 aromatic carbocycles. The Balaban J connectivity index is 2.12. The lowest BCUT2D eigenvalue weighted by Gasteiger charge is -2.41. The van der Waals surface area contributed by atoms with Crippen molar-refractivity contribution in [3.05, 3.63) is 48.7 Å². The van der Waals surface area contributed by atoms with Crippen molar-refractivity contribution in [2.45, 2.75) is 43.8 Å². The molecule has 2 N–H and O–H groups in total. The molecule has 3 rings (SSSR count). The molecule has 2 aromatic heterocycles. The molecule has 1 aliphatic carbocycles. The maximum absolute atomic E-state index is 14.0. The third kappa shape index (κ3) is 3.58. The van der Waals surface area contributed by atoms with E-state index in [-0.39, 0.29) is 24.2 Å². The highest BCUT2D eigenvalue weighted by Crippen LogP contribution is 2.56. The number of halogens is 3. The van der Waals surface area contributed by atoms with Gasteiger partial charge in [0.05, 0.1) is 5.41 Å². The number of aromatic nitrogens is 3. The van der Waals surface area contributed by atoms with Crippen LogP contribution >= 0.6 is 0 Å². The number of anilines is 1. The standard InChI is InChI=1S/C18H19F3N4O2/c19-18(20,21)16(6-1-2-7-16)11-17(15(26)27,13-4-3-8-22-10-13)25-14-5-9-23-12-24-14/h3-5,8-10,12H,1-2,6-7,11H2,(H,26,27)(H,23,24,25). The highest BCUT2D eigenvalue weighted by Gasteiger charge is 2.61. The van der Waals surface area contributed by atoms with E-state index < -0.39 is 29.5 Å². The molecular formula is C18H19F3N4O2. The molecule has 27 heavy (non-hydrogen) atoms. The first kappa shape index (κ1) is 19.1. The van der Waals surface area contributed by atoms with E-state index >= 15 is 0 Å². The largest absolute Gasteiger partial charge is 0.479 e. The van der Waals surface area contributed by atoms with Gasteiger partial charge in [-0.1, -0.05) is 18.9 Å². The van der Waals surface area contributed by atoms with Crippen molar-refractivity contribution in [1.82, 2.24) is 15.0 Å². The van der Waals surface area contributed by atoms with Gasteiger partial charge in [0.1, 0.15) is 12.1 Å². The number of hydrogen-bond acceptors (Lipinski definition) is 5. The molecule has 0 amide bonds. The molecule has 1 aliphatic rings. The van der Waals surface area contributed by atoms with E-state index in [1.165, 1.54) is 43.1 Å². The topological polar surface area (TPSA) is 88.0 Å². The third-order valence-corrected chi connectivity index (χ3v) is 5.21. The number of alkyl halides is 3. The van der Waals surface area contributed by atoms with Crippen molar-refractivity contribution in [3.8, 4) is 0 Å². The minimum Gasteiger partial charge on any atom is -0.479 e. The summed E-state index contributed by atoms with van der Waals surface area (Å²) in [7, 11) is 0. The monoisotopic (exact) mass is 380 g/mol. The number of rotatable bonds is 6. The predicted molar refractivity (Wildman–Crippen MR) is 90.8 cm³/mol. The number of carboxylic acid groups (broad SMARTS) is 1. The predicted octanol–water partition coefficient (Wildman–Crippen LogP) is 3.78. The van der Waals surface area contributed by atoms with Crippen LogP contribution in [0.5, 0.6) is 0 Å². The molecule has 0 radical (unpaired) electrons. The van der Waals surface area contributed by atoms with Gasteiger partial charge in [0.15, 0.2) is 5.54 Å². The summed E-state index contributed by atoms with van der Waals surface area (Å²) in [6, 6.07) is 4.39. The lowest BCUT2D eigenvalue weighted by atomic mass is 9.71. The van der Waals surface area contributed by atoms with Gasteiger partial charge in [-0.05, 0) is 31.4 Å². The van der Waals surface area contributed by atoms with Gasteiger partial charge in [0, 0.05) is 24.2 Å². The second kappa shape index (κ2) is 7.13. The minimum absolute atomic E-state index is 0.1000. The van der Waals surface area contributed by atoms with Crippen LogP contribution in [0.25, 0.3) is 0 Å². The molecule has 144 valence electrons. The van der Waals surface area contributed by atoms with E-state index in [0.29, 0.717) is 12.8 Å². The lowest BCUT2D eigenvalue weighted by molar-refractivity contribution is -0.229. The van der Waals surface area contributed by atoms with Crippen LogP contribution in [0.1, 0.15) is 37.7 Å². The molecule has 2 aromatic rings. The summed E-state index contributed by atoms with van der Waals surface area (Å²) in [5.41, 5.74) is -3.96. The molecule has 0 aliphatic heterocycles. The molecule has 1 saturated carbocycles. The molecular weight excluding hydrogens is 361 g/mol. The fourth-order valence-electron chi connectivity index (χ4n) is 3.79. The zero-order valence-corrected chi connectivity index (χ0v) is 14.4. The summed E-state index contributed by atoms with van der Waals surface area (Å²) >= 11 is 0. The van der Waals surface area contributed by atoms with Gasteiger partial charge in [-0.15, -0.1) is 0 Å². The summed E-state index contributed by atoms with van der Waals surface area (Å²) in [6.45, 7) is 0. The summed E-state index contributed by atoms with van der Waals surface area (Å²) in [5.74, 6) is -1.28. The third-order valence-electron chi connectivity index (χ3n) is 5.21. The smallest absolute Gasteiger partial charge is 0.394 e. The Hall–Kier alpha value is -2.71. The maximum Gasteiger partial charge on any atom is 0.394 e. The number of pyridine rings is 1. The Kier molecular flexibility index (Phi) is 5.03. The van der Waals surface area contributed by atoms with E-state index in [1.807, 2.05) is 0 Å². The number of carbonyl (C=O) groups is 1. The normalized spacial score (nSPS) is 18.6. The molecule has 0 saturated heterocycles. The highest BCUT2D eigenvalue weighted by molar-refractivity contribution is 5.84. The Morgan fingerprint density at radius 2 is 1.93 bits per heavy atom. The van der Waals surface area contributed by atoms with Crippen molar-refractivity contribution in [1.29, 1.82) is 0 Å². The van der Waals surface area contributed by atoms with Crippen LogP contribution < -0.4 is 5.32 Å². The summed E-state index contributed by atoms with van der Waals surface area (Å²) in [6.07, 6.45) is 0.777. The maximum atomic E-state index is 14.0. The first-order valence-electron chi connectivity index (χ1n) is 8.54. The zero-order valence-electron chi connectivity index (χ0n) is 14.4. The number of hydrogen-bond donors (Lipinski definition) is 2. The van der Waals surface area contributed by atoms with Crippen molar-refractivity contribution in [2.75, 3.05) is 5.32 Å². The van der Waals surface area contributed by atoms with Gasteiger partial charge in [-0.3, -0.25) is 4.98 Å². The molecule has 1 unspecified atom stereocenters. The molecule has 6 nitrogen and oxygen atoms in total. The molecule has 0 bridgehead atoms. The average molecular weight is 380 g/mol. The van der Waals surface area contributed by atoms with Crippen molar-refractivity contribution in [2.24, 2.45) is 5.41 Å². The Bertz CT molecular complexity index is 780. The van der Waals surface area contributed by atoms with Crippen LogP contribution in [0.15, 0.2) is 43.1 Å². The molecule has 9 heteroatoms. The van der Waals surface area contributed by atoms with Crippen molar-refractivity contribution in [3.63, 3.8) is 0 Å². The van der Waals surface area contributed by atoms with Crippen LogP contribution in [0, 0.1) is 5.41 Å². The quantitative estimate of drug-likeness (QED) is 0.793. The van der Waals surface area contributed by atoms with E-state index in [1.54, 1.807) is 0 Å². The van der Waals surface area contributed by atoms with Gasteiger partial charge < -0.3 is 10.4 Å². The van der Waals surface area contributed by atoms with Crippen LogP contribution in [-0.2, 0) is 10.3 Å². The number of carboxylic acids is 1. The summed E-state index contributed by atoms with van der Waals surface area (Å²) in [4.78, 5) is 24.0. The van der Waals surface area contributed by atoms with Crippen LogP contribution in [0.3, 0.4) is 0 Å². The second-order valence-corrected chi connectivity index (χ2v) is 6.83. The second-order valence-electron chi connectivity index (χ2n) is 6.83. The number of nitrogens with zero attached hydrogens (tertiary/aromatic N) is 3. The van der Waals surface area contributed by atoms with E-state index in [9.17, 15) is 23.1 Å². The number of nitrogens with one attached hydrogen (secondary N) is 1. The first-order chi connectivity index (χ1) is 12.8. The lowest BCUT2D eigenvalue weighted by Crippen LogP contribution is -2.51. The van der Waals surface area contributed by atoms with Crippen molar-refractivity contribution < 1.29 is 23.1 Å². The fourth-order valence-corrected chi connectivity index (χ4v) is 3.79. The van der Waals surface area contributed by atoms with E-state index in [2.05, 4.69) is 20.3 Å². The summed E-state index contributed by atoms with van der Waals surface area (Å²) < 4.78 is 42.0. The highest BCUT2D eigenvalue weighted by atomic mass is 19.4. The SMILES string of the molecule is O=C(O)C(CC1(C(F)(F)F)CCCC1)(Nc1ccncn1)c1cccnc1. The summed E-state index contributed by atoms with van der Waals surface area (Å²) in [5, 5.41) is 12.8. The van der Waals surface area contributed by atoms with Gasteiger partial charge in [0.25, 0.3) is 0 Å².